The first-order chi connectivity index (χ1) is 23.0. The Morgan fingerprint density at radius 1 is 0.596 bits per heavy atom. The second-order valence-electron chi connectivity index (χ2n) is 11.7. The van der Waals surface area contributed by atoms with E-state index in [1.807, 2.05) is 102 Å². The predicted octanol–water partition coefficient (Wildman–Crippen LogP) is 9.45. The molecule has 0 saturated heterocycles. The lowest BCUT2D eigenvalue weighted by Gasteiger charge is -2.15. The van der Waals surface area contributed by atoms with E-state index in [2.05, 4.69) is 60.9 Å². The summed E-state index contributed by atoms with van der Waals surface area (Å²) in [5, 5.41) is 5.87. The Morgan fingerprint density at radius 3 is 1.91 bits per heavy atom. The van der Waals surface area contributed by atoms with Gasteiger partial charge in [0.2, 0.25) is 0 Å². The summed E-state index contributed by atoms with van der Waals surface area (Å²) >= 11 is 0. The second kappa shape index (κ2) is 11.6. The van der Waals surface area contributed by atoms with E-state index in [1.54, 1.807) is 6.07 Å². The number of fused-ring (bicyclic) bond motifs is 1. The third-order valence-corrected chi connectivity index (χ3v) is 8.31. The van der Waals surface area contributed by atoms with Gasteiger partial charge in [0.05, 0.1) is 28.2 Å². The van der Waals surface area contributed by atoms with Gasteiger partial charge in [-0.15, -0.1) is 0 Å². The third kappa shape index (κ3) is 5.16. The zero-order valence-electron chi connectivity index (χ0n) is 26.0. The van der Waals surface area contributed by atoms with E-state index in [0.717, 1.165) is 50.4 Å². The number of aromatic nitrogens is 4. The number of hydrogen-bond donors (Lipinski definition) is 0. The van der Waals surface area contributed by atoms with E-state index >= 15 is 0 Å². The van der Waals surface area contributed by atoms with Crippen LogP contribution < -0.4 is 5.63 Å². The molecule has 0 aliphatic rings. The predicted molar refractivity (Wildman–Crippen MR) is 188 cm³/mol. The molecule has 0 bridgehead atoms. The number of nitrogens with zero attached hydrogens (tertiary/aromatic N) is 4. The molecule has 0 aliphatic heterocycles. The first-order valence-corrected chi connectivity index (χ1v) is 15.5. The number of aryl methyl sites for hydroxylation is 2. The Bertz CT molecular complexity index is 2420. The summed E-state index contributed by atoms with van der Waals surface area (Å²) in [5.74, 6) is 0.664. The Labute approximate surface area is 271 Å². The van der Waals surface area contributed by atoms with Crippen molar-refractivity contribution in [2.45, 2.75) is 13.8 Å². The largest absolute Gasteiger partial charge is 0.422 e. The Morgan fingerprint density at radius 2 is 1.21 bits per heavy atom. The summed E-state index contributed by atoms with van der Waals surface area (Å²) in [6.45, 7) is 4.21. The maximum atomic E-state index is 13.7. The first-order valence-electron chi connectivity index (χ1n) is 15.5. The van der Waals surface area contributed by atoms with Gasteiger partial charge >= 0.3 is 5.63 Å². The van der Waals surface area contributed by atoms with E-state index in [-0.39, 0.29) is 0 Å². The minimum absolute atomic E-state index is 0.367. The van der Waals surface area contributed by atoms with Gasteiger partial charge in [0, 0.05) is 28.4 Å². The minimum atomic E-state index is -0.459. The summed E-state index contributed by atoms with van der Waals surface area (Å²) in [6, 6.07) is 46.3. The molecule has 0 N–H and O–H groups in total. The molecule has 0 atom stereocenters. The summed E-state index contributed by atoms with van der Waals surface area (Å²) < 4.78 is 9.85. The topological polar surface area (TPSA) is 65.8 Å². The molecule has 8 rings (SSSR count). The third-order valence-electron chi connectivity index (χ3n) is 8.31. The molecule has 47 heavy (non-hydrogen) atoms. The van der Waals surface area contributed by atoms with E-state index in [1.165, 1.54) is 0 Å². The van der Waals surface area contributed by atoms with Gasteiger partial charge in [0.15, 0.2) is 0 Å². The fourth-order valence-electron chi connectivity index (χ4n) is 6.27. The molecular weight excluding hydrogens is 580 g/mol. The molecule has 0 unspecified atom stereocenters. The smallest absolute Gasteiger partial charge is 0.345 e. The number of para-hydroxylation sites is 2. The lowest BCUT2D eigenvalue weighted by Crippen LogP contribution is -2.06. The van der Waals surface area contributed by atoms with Crippen LogP contribution in [0, 0.1) is 13.8 Å². The lowest BCUT2D eigenvalue weighted by atomic mass is 10.0. The van der Waals surface area contributed by atoms with Crippen LogP contribution in [0.5, 0.6) is 0 Å². The molecule has 3 aromatic heterocycles. The molecule has 0 saturated carbocycles. The zero-order chi connectivity index (χ0) is 31.9. The van der Waals surface area contributed by atoms with Crippen molar-refractivity contribution in [2.24, 2.45) is 0 Å². The fraction of sp³-hybridized carbons (Fsp3) is 0.0488. The van der Waals surface area contributed by atoms with E-state index in [0.29, 0.717) is 28.2 Å². The average molecular weight is 611 g/mol. The van der Waals surface area contributed by atoms with Crippen molar-refractivity contribution in [2.75, 3.05) is 0 Å². The molecule has 3 heterocycles. The monoisotopic (exact) mass is 610 g/mol. The van der Waals surface area contributed by atoms with Crippen LogP contribution in [0.3, 0.4) is 0 Å². The highest BCUT2D eigenvalue weighted by Gasteiger charge is 2.27. The van der Waals surface area contributed by atoms with Crippen molar-refractivity contribution in [3.8, 4) is 56.5 Å². The number of hydrogen-bond acceptors (Lipinski definition) is 4. The summed E-state index contributed by atoms with van der Waals surface area (Å²) in [4.78, 5) is 19.1. The highest BCUT2D eigenvalue weighted by molar-refractivity contribution is 5.89. The van der Waals surface area contributed by atoms with Crippen molar-refractivity contribution in [3.63, 3.8) is 0 Å². The van der Waals surface area contributed by atoms with Gasteiger partial charge in [-0.1, -0.05) is 103 Å². The molecular formula is C41H30N4O2. The van der Waals surface area contributed by atoms with Crippen LogP contribution in [0.4, 0.5) is 0 Å². The van der Waals surface area contributed by atoms with Crippen LogP contribution in [0.2, 0.25) is 0 Å². The molecule has 0 amide bonds. The van der Waals surface area contributed by atoms with Crippen molar-refractivity contribution in [1.29, 1.82) is 0 Å². The van der Waals surface area contributed by atoms with Gasteiger partial charge in [0.25, 0.3) is 0 Å². The summed E-state index contributed by atoms with van der Waals surface area (Å²) in [7, 11) is 0. The highest BCUT2D eigenvalue weighted by atomic mass is 16.4. The van der Waals surface area contributed by atoms with Crippen LogP contribution in [0.15, 0.2) is 155 Å². The van der Waals surface area contributed by atoms with Gasteiger partial charge in [0.1, 0.15) is 17.1 Å². The Balaban J connectivity index is 1.51. The van der Waals surface area contributed by atoms with Crippen LogP contribution in [-0.4, -0.2) is 19.3 Å². The van der Waals surface area contributed by atoms with Crippen LogP contribution in [-0.2, 0) is 0 Å². The van der Waals surface area contributed by atoms with E-state index in [4.69, 9.17) is 14.5 Å². The van der Waals surface area contributed by atoms with Crippen molar-refractivity contribution < 1.29 is 4.42 Å². The zero-order valence-corrected chi connectivity index (χ0v) is 26.0. The van der Waals surface area contributed by atoms with Crippen LogP contribution in [0.1, 0.15) is 11.1 Å². The lowest BCUT2D eigenvalue weighted by molar-refractivity contribution is 0.563. The molecule has 0 aliphatic carbocycles. The van der Waals surface area contributed by atoms with Crippen molar-refractivity contribution >= 4 is 11.0 Å². The number of imidazole rings is 1. The van der Waals surface area contributed by atoms with Gasteiger partial charge in [-0.3, -0.25) is 4.57 Å². The fourth-order valence-corrected chi connectivity index (χ4v) is 6.27. The SMILES string of the molecule is Cc1cc(C)cc(-n2c(-c3cn(-c4ccccc4)nc3-c3cc4ccccc4oc3=O)nc(-c3ccccc3)c2-c2ccccc2)c1. The number of benzene rings is 5. The van der Waals surface area contributed by atoms with Crippen molar-refractivity contribution in [1.82, 2.24) is 19.3 Å². The molecule has 6 nitrogen and oxygen atoms in total. The van der Waals surface area contributed by atoms with E-state index < -0.39 is 5.63 Å². The number of rotatable bonds is 6. The summed E-state index contributed by atoms with van der Waals surface area (Å²) in [5.41, 5.74) is 9.50. The standard InChI is InChI=1S/C41H30N4O2/c1-27-22-28(2)24-33(23-27)45-39(30-16-8-4-9-17-30)37(29-14-6-3-7-15-29)42-40(45)35-26-44(32-19-10-5-11-20-32)43-38(35)34-25-31-18-12-13-21-36(31)47-41(34)46/h3-26H,1-2H3. The van der Waals surface area contributed by atoms with Gasteiger partial charge in [-0.2, -0.15) is 5.10 Å². The molecule has 0 spiro atoms. The minimum Gasteiger partial charge on any atom is -0.422 e. The van der Waals surface area contributed by atoms with Gasteiger partial charge in [-0.25, -0.2) is 14.5 Å². The Kier molecular flexibility index (Phi) is 6.95. The molecule has 226 valence electrons. The molecule has 6 heteroatoms. The quantitative estimate of drug-likeness (QED) is 0.176. The summed E-state index contributed by atoms with van der Waals surface area (Å²) in [6.07, 6.45) is 1.96. The normalized spacial score (nSPS) is 11.3. The average Bonchev–Trinajstić information content (AvgIpc) is 3.72. The Hall–Kier alpha value is -6.27. The van der Waals surface area contributed by atoms with Crippen LogP contribution in [0.25, 0.3) is 67.5 Å². The second-order valence-corrected chi connectivity index (χ2v) is 11.7. The molecule has 5 aromatic carbocycles. The maximum Gasteiger partial charge on any atom is 0.345 e. The van der Waals surface area contributed by atoms with Crippen molar-refractivity contribution in [3.05, 3.63) is 167 Å². The molecule has 0 fully saturated rings. The first kappa shape index (κ1) is 28.2. The van der Waals surface area contributed by atoms with Crippen LogP contribution >= 0.6 is 0 Å². The van der Waals surface area contributed by atoms with Gasteiger partial charge in [-0.05, 0) is 61.4 Å². The highest BCUT2D eigenvalue weighted by Crippen LogP contribution is 2.41. The maximum absolute atomic E-state index is 13.7. The molecule has 0 radical (unpaired) electrons. The van der Waals surface area contributed by atoms with Gasteiger partial charge < -0.3 is 4.42 Å². The van der Waals surface area contributed by atoms with E-state index in [9.17, 15) is 4.79 Å². The molecule has 8 aromatic rings.